The number of amides is 2. The van der Waals surface area contributed by atoms with Crippen LogP contribution in [0.5, 0.6) is 5.75 Å². The van der Waals surface area contributed by atoms with E-state index in [4.69, 9.17) is 4.74 Å². The zero-order valence-electron chi connectivity index (χ0n) is 16.2. The Hall–Kier alpha value is -2.08. The first kappa shape index (κ1) is 18.3. The molecule has 1 aromatic carbocycles. The summed E-state index contributed by atoms with van der Waals surface area (Å²) in [6.45, 7) is 6.24. The minimum atomic E-state index is -0.251. The third-order valence-electron chi connectivity index (χ3n) is 6.43. The van der Waals surface area contributed by atoms with Crippen molar-refractivity contribution in [2.24, 2.45) is 17.8 Å². The van der Waals surface area contributed by atoms with E-state index < -0.39 is 0 Å². The van der Waals surface area contributed by atoms with E-state index >= 15 is 0 Å². The standard InChI is InChI=1S/C21H29N3O3/c1-14-3-4-19(27-2)18(9-14)24-13-17(10-20(24)25)21(26)23-7-5-15-11-22-12-16(15)6-8-23/h3-4,9,15-17,22H,5-8,10-13H2,1-2H3/t15-,16+,17?. The van der Waals surface area contributed by atoms with Crippen LogP contribution in [-0.4, -0.2) is 56.5 Å². The van der Waals surface area contributed by atoms with Gasteiger partial charge in [0.2, 0.25) is 11.8 Å². The number of anilines is 1. The Labute approximate surface area is 160 Å². The van der Waals surface area contributed by atoms with E-state index in [1.165, 1.54) is 0 Å². The molecule has 6 heteroatoms. The van der Waals surface area contributed by atoms with Crippen LogP contribution in [-0.2, 0) is 9.59 Å². The average molecular weight is 371 g/mol. The first-order chi connectivity index (χ1) is 13.1. The molecule has 0 radical (unpaired) electrons. The van der Waals surface area contributed by atoms with Crippen molar-refractivity contribution >= 4 is 17.5 Å². The predicted molar refractivity (Wildman–Crippen MR) is 104 cm³/mol. The molecule has 4 rings (SSSR count). The van der Waals surface area contributed by atoms with Crippen molar-refractivity contribution < 1.29 is 14.3 Å². The zero-order valence-corrected chi connectivity index (χ0v) is 16.2. The van der Waals surface area contributed by atoms with Gasteiger partial charge in [0.05, 0.1) is 18.7 Å². The molecule has 2 amide bonds. The number of carbonyl (C=O) groups is 2. The highest BCUT2D eigenvalue weighted by Gasteiger charge is 2.39. The third kappa shape index (κ3) is 3.55. The number of hydrogen-bond acceptors (Lipinski definition) is 4. The van der Waals surface area contributed by atoms with Gasteiger partial charge in [-0.05, 0) is 62.4 Å². The van der Waals surface area contributed by atoms with Crippen molar-refractivity contribution in [2.75, 3.05) is 44.7 Å². The maximum atomic E-state index is 13.1. The van der Waals surface area contributed by atoms with Crippen LogP contribution in [0.1, 0.15) is 24.8 Å². The fraction of sp³-hybridized carbons (Fsp3) is 0.619. The fourth-order valence-electron chi connectivity index (χ4n) is 4.81. The molecule has 0 aliphatic carbocycles. The van der Waals surface area contributed by atoms with Gasteiger partial charge < -0.3 is 19.9 Å². The maximum Gasteiger partial charge on any atom is 0.228 e. The first-order valence-corrected chi connectivity index (χ1v) is 10.0. The lowest BCUT2D eigenvalue weighted by atomic mass is 9.92. The highest BCUT2D eigenvalue weighted by atomic mass is 16.5. The molecule has 6 nitrogen and oxygen atoms in total. The number of nitrogens with one attached hydrogen (secondary N) is 1. The molecular weight excluding hydrogens is 342 g/mol. The molecule has 1 N–H and O–H groups in total. The molecule has 3 saturated heterocycles. The second kappa shape index (κ2) is 7.50. The Kier molecular flexibility index (Phi) is 5.08. The summed E-state index contributed by atoms with van der Waals surface area (Å²) in [5.41, 5.74) is 1.84. The summed E-state index contributed by atoms with van der Waals surface area (Å²) < 4.78 is 5.44. The van der Waals surface area contributed by atoms with Crippen LogP contribution in [0.2, 0.25) is 0 Å². The van der Waals surface area contributed by atoms with Crippen molar-refractivity contribution in [1.82, 2.24) is 10.2 Å². The molecule has 3 aliphatic rings. The number of fused-ring (bicyclic) bond motifs is 1. The van der Waals surface area contributed by atoms with Crippen molar-refractivity contribution in [3.8, 4) is 5.75 Å². The molecule has 146 valence electrons. The average Bonchev–Trinajstić information content (AvgIpc) is 3.22. The topological polar surface area (TPSA) is 61.9 Å². The Bertz CT molecular complexity index is 721. The summed E-state index contributed by atoms with van der Waals surface area (Å²) in [4.78, 5) is 29.5. The SMILES string of the molecule is COc1ccc(C)cc1N1CC(C(=O)N2CC[C@@H]3CNC[C@@H]3CC2)CC1=O. The van der Waals surface area contributed by atoms with Gasteiger partial charge >= 0.3 is 0 Å². The Balaban J connectivity index is 1.46. The largest absolute Gasteiger partial charge is 0.495 e. The van der Waals surface area contributed by atoms with Crippen molar-refractivity contribution in [1.29, 1.82) is 0 Å². The zero-order chi connectivity index (χ0) is 19.0. The second-order valence-electron chi connectivity index (χ2n) is 8.16. The number of nitrogens with zero attached hydrogens (tertiary/aromatic N) is 2. The molecule has 0 aromatic heterocycles. The monoisotopic (exact) mass is 371 g/mol. The Morgan fingerprint density at radius 2 is 1.89 bits per heavy atom. The lowest BCUT2D eigenvalue weighted by molar-refractivity contribution is -0.135. The van der Waals surface area contributed by atoms with Crippen LogP contribution < -0.4 is 15.0 Å². The number of carbonyl (C=O) groups excluding carboxylic acids is 2. The van der Waals surface area contributed by atoms with Crippen LogP contribution in [0, 0.1) is 24.7 Å². The number of aryl methyl sites for hydroxylation is 1. The van der Waals surface area contributed by atoms with Crippen LogP contribution in [0.15, 0.2) is 18.2 Å². The molecule has 3 atom stereocenters. The van der Waals surface area contributed by atoms with Crippen LogP contribution in [0.4, 0.5) is 5.69 Å². The third-order valence-corrected chi connectivity index (χ3v) is 6.43. The lowest BCUT2D eigenvalue weighted by Crippen LogP contribution is -2.38. The minimum Gasteiger partial charge on any atom is -0.495 e. The number of methoxy groups -OCH3 is 1. The van der Waals surface area contributed by atoms with E-state index in [-0.39, 0.29) is 17.7 Å². The van der Waals surface area contributed by atoms with Gasteiger partial charge in [0.1, 0.15) is 5.75 Å². The van der Waals surface area contributed by atoms with Crippen molar-refractivity contribution in [2.45, 2.75) is 26.2 Å². The van der Waals surface area contributed by atoms with Gasteiger partial charge in [-0.1, -0.05) is 6.07 Å². The minimum absolute atomic E-state index is 0.00754. The van der Waals surface area contributed by atoms with Crippen LogP contribution >= 0.6 is 0 Å². The normalized spacial score (nSPS) is 28.2. The highest BCUT2D eigenvalue weighted by molar-refractivity contribution is 6.01. The smallest absolute Gasteiger partial charge is 0.228 e. The molecule has 0 saturated carbocycles. The number of hydrogen-bond donors (Lipinski definition) is 1. The fourth-order valence-corrected chi connectivity index (χ4v) is 4.81. The first-order valence-electron chi connectivity index (χ1n) is 10.0. The molecular formula is C21H29N3O3. The Morgan fingerprint density at radius 3 is 2.56 bits per heavy atom. The number of benzene rings is 1. The van der Waals surface area contributed by atoms with Crippen LogP contribution in [0.25, 0.3) is 0 Å². The molecule has 0 bridgehead atoms. The van der Waals surface area contributed by atoms with E-state index in [1.54, 1.807) is 12.0 Å². The molecule has 1 aromatic rings. The van der Waals surface area contributed by atoms with E-state index in [0.717, 1.165) is 50.3 Å². The summed E-state index contributed by atoms with van der Waals surface area (Å²) in [5.74, 6) is 1.97. The number of likely N-dealkylation sites (tertiary alicyclic amines) is 1. The van der Waals surface area contributed by atoms with Crippen molar-refractivity contribution in [3.05, 3.63) is 23.8 Å². The van der Waals surface area contributed by atoms with Gasteiger partial charge in [-0.2, -0.15) is 0 Å². The molecule has 27 heavy (non-hydrogen) atoms. The number of ether oxygens (including phenoxy) is 1. The van der Waals surface area contributed by atoms with E-state index in [0.29, 0.717) is 30.6 Å². The predicted octanol–water partition coefficient (Wildman–Crippen LogP) is 1.81. The van der Waals surface area contributed by atoms with Crippen LogP contribution in [0.3, 0.4) is 0 Å². The van der Waals surface area contributed by atoms with Gasteiger partial charge in [0, 0.05) is 26.1 Å². The quantitative estimate of drug-likeness (QED) is 0.880. The van der Waals surface area contributed by atoms with Gasteiger partial charge in [0.25, 0.3) is 0 Å². The second-order valence-corrected chi connectivity index (χ2v) is 8.16. The summed E-state index contributed by atoms with van der Waals surface area (Å²) in [6, 6.07) is 5.81. The molecule has 0 spiro atoms. The highest BCUT2D eigenvalue weighted by Crippen LogP contribution is 2.35. The molecule has 1 unspecified atom stereocenters. The summed E-state index contributed by atoms with van der Waals surface area (Å²) in [6.07, 6.45) is 2.43. The summed E-state index contributed by atoms with van der Waals surface area (Å²) in [5, 5.41) is 3.47. The summed E-state index contributed by atoms with van der Waals surface area (Å²) in [7, 11) is 1.61. The van der Waals surface area contributed by atoms with E-state index in [1.807, 2.05) is 30.0 Å². The Morgan fingerprint density at radius 1 is 1.19 bits per heavy atom. The van der Waals surface area contributed by atoms with E-state index in [2.05, 4.69) is 5.32 Å². The lowest BCUT2D eigenvalue weighted by Gasteiger charge is -2.25. The van der Waals surface area contributed by atoms with Gasteiger partial charge in [-0.3, -0.25) is 9.59 Å². The van der Waals surface area contributed by atoms with E-state index in [9.17, 15) is 9.59 Å². The van der Waals surface area contributed by atoms with Gasteiger partial charge in [-0.15, -0.1) is 0 Å². The van der Waals surface area contributed by atoms with Gasteiger partial charge in [0.15, 0.2) is 0 Å². The van der Waals surface area contributed by atoms with Crippen molar-refractivity contribution in [3.63, 3.8) is 0 Å². The molecule has 3 heterocycles. The summed E-state index contributed by atoms with van der Waals surface area (Å²) >= 11 is 0. The molecule has 3 aliphatic heterocycles. The molecule has 3 fully saturated rings. The number of rotatable bonds is 3. The maximum absolute atomic E-state index is 13.1. The van der Waals surface area contributed by atoms with Gasteiger partial charge in [-0.25, -0.2) is 0 Å².